The molecule has 0 aliphatic rings. The van der Waals surface area contributed by atoms with E-state index in [2.05, 4.69) is 15.3 Å². The molecule has 0 spiro atoms. The molecule has 106 valence electrons. The first-order valence-corrected chi connectivity index (χ1v) is 6.43. The first kappa shape index (κ1) is 15.2. The van der Waals surface area contributed by atoms with E-state index in [9.17, 15) is 4.79 Å². The third-order valence-electron chi connectivity index (χ3n) is 2.10. The molecule has 1 N–H and O–H groups in total. The molecule has 0 fully saturated rings. The van der Waals surface area contributed by atoms with Crippen LogP contribution < -0.4 is 10.1 Å². The van der Waals surface area contributed by atoms with E-state index in [4.69, 9.17) is 9.47 Å². The van der Waals surface area contributed by atoms with E-state index in [0.29, 0.717) is 25.0 Å². The Morgan fingerprint density at radius 2 is 2.16 bits per heavy atom. The minimum Gasteiger partial charge on any atom is -0.475 e. The lowest BCUT2D eigenvalue weighted by atomic mass is 10.4. The van der Waals surface area contributed by atoms with Gasteiger partial charge in [-0.15, -0.1) is 0 Å². The van der Waals surface area contributed by atoms with Gasteiger partial charge in [0.1, 0.15) is 0 Å². The van der Waals surface area contributed by atoms with Crippen LogP contribution in [0.5, 0.6) is 5.88 Å². The number of carbonyl (C=O) groups is 1. The van der Waals surface area contributed by atoms with Crippen molar-refractivity contribution >= 4 is 11.9 Å². The topological polar surface area (TPSA) is 73.3 Å². The van der Waals surface area contributed by atoms with Gasteiger partial charge in [-0.1, -0.05) is 0 Å². The van der Waals surface area contributed by atoms with Gasteiger partial charge in [-0.25, -0.2) is 4.98 Å². The lowest BCUT2D eigenvalue weighted by Crippen LogP contribution is -2.14. The maximum Gasteiger partial charge on any atom is 0.307 e. The zero-order chi connectivity index (χ0) is 14.3. The molecular formula is C13H21N3O3. The summed E-state index contributed by atoms with van der Waals surface area (Å²) in [5, 5.41) is 2.99. The molecule has 1 aromatic heterocycles. The van der Waals surface area contributed by atoms with Crippen LogP contribution in [0.25, 0.3) is 0 Å². The molecule has 0 aromatic carbocycles. The first-order chi connectivity index (χ1) is 9.01. The monoisotopic (exact) mass is 267 g/mol. The fourth-order valence-electron chi connectivity index (χ4n) is 1.43. The molecule has 0 saturated carbocycles. The predicted molar refractivity (Wildman–Crippen MR) is 72.3 cm³/mol. The van der Waals surface area contributed by atoms with Gasteiger partial charge < -0.3 is 14.8 Å². The van der Waals surface area contributed by atoms with Crippen LogP contribution in [-0.4, -0.2) is 35.2 Å². The van der Waals surface area contributed by atoms with E-state index in [1.165, 1.54) is 0 Å². The Morgan fingerprint density at radius 3 is 2.79 bits per heavy atom. The number of nitrogens with zero attached hydrogens (tertiary/aromatic N) is 2. The smallest absolute Gasteiger partial charge is 0.307 e. The van der Waals surface area contributed by atoms with Crippen molar-refractivity contribution in [3.8, 4) is 5.88 Å². The van der Waals surface area contributed by atoms with Crippen molar-refractivity contribution in [2.75, 3.05) is 18.5 Å². The molecule has 0 bridgehead atoms. The molecule has 6 nitrogen and oxygen atoms in total. The molecule has 0 unspecified atom stereocenters. The van der Waals surface area contributed by atoms with Crippen molar-refractivity contribution in [3.63, 3.8) is 0 Å². The van der Waals surface area contributed by atoms with Crippen LogP contribution in [0, 0.1) is 6.92 Å². The van der Waals surface area contributed by atoms with Gasteiger partial charge in [-0.2, -0.15) is 4.98 Å². The molecule has 0 aliphatic heterocycles. The zero-order valence-corrected chi connectivity index (χ0v) is 11.9. The van der Waals surface area contributed by atoms with Crippen molar-refractivity contribution in [2.24, 2.45) is 0 Å². The molecule has 1 aromatic rings. The van der Waals surface area contributed by atoms with Gasteiger partial charge in [0, 0.05) is 18.3 Å². The lowest BCUT2D eigenvalue weighted by molar-refractivity contribution is -0.142. The number of hydrogen-bond acceptors (Lipinski definition) is 6. The highest BCUT2D eigenvalue weighted by molar-refractivity contribution is 5.69. The predicted octanol–water partition coefficient (Wildman–Crippen LogP) is 1.94. The van der Waals surface area contributed by atoms with Gasteiger partial charge >= 0.3 is 5.97 Å². The van der Waals surface area contributed by atoms with Gasteiger partial charge in [0.05, 0.1) is 19.1 Å². The zero-order valence-electron chi connectivity index (χ0n) is 11.9. The Bertz CT molecular complexity index is 422. The number of esters is 1. The Labute approximate surface area is 113 Å². The summed E-state index contributed by atoms with van der Waals surface area (Å²) >= 11 is 0. The molecule has 6 heteroatoms. The number of anilines is 1. The van der Waals surface area contributed by atoms with Crippen LogP contribution in [0.3, 0.4) is 0 Å². The van der Waals surface area contributed by atoms with Gasteiger partial charge in [0.15, 0.2) is 0 Å². The Balaban J connectivity index is 2.53. The number of rotatable bonds is 7. The average molecular weight is 267 g/mol. The van der Waals surface area contributed by atoms with Crippen LogP contribution >= 0.6 is 0 Å². The normalized spacial score (nSPS) is 10.4. The number of nitrogens with one attached hydrogen (secondary N) is 1. The minimum atomic E-state index is -0.235. The van der Waals surface area contributed by atoms with E-state index in [1.54, 1.807) is 13.0 Å². The second-order valence-electron chi connectivity index (χ2n) is 4.32. The second kappa shape index (κ2) is 7.56. The quantitative estimate of drug-likeness (QED) is 0.761. The van der Waals surface area contributed by atoms with Crippen molar-refractivity contribution < 1.29 is 14.3 Å². The van der Waals surface area contributed by atoms with Crippen LogP contribution in [0.2, 0.25) is 0 Å². The third-order valence-corrected chi connectivity index (χ3v) is 2.10. The number of aromatic nitrogens is 2. The highest BCUT2D eigenvalue weighted by Gasteiger charge is 2.06. The lowest BCUT2D eigenvalue weighted by Gasteiger charge is -2.11. The van der Waals surface area contributed by atoms with E-state index in [1.807, 2.05) is 20.8 Å². The number of carbonyl (C=O) groups excluding carboxylic acids is 1. The summed E-state index contributed by atoms with van der Waals surface area (Å²) in [6, 6.07) is 1.77. The molecule has 1 rings (SSSR count). The van der Waals surface area contributed by atoms with Gasteiger partial charge in [0.25, 0.3) is 0 Å². The second-order valence-corrected chi connectivity index (χ2v) is 4.32. The van der Waals surface area contributed by atoms with E-state index in [-0.39, 0.29) is 18.5 Å². The fraction of sp³-hybridized carbons (Fsp3) is 0.615. The van der Waals surface area contributed by atoms with Crippen LogP contribution in [0.4, 0.5) is 5.95 Å². The summed E-state index contributed by atoms with van der Waals surface area (Å²) in [5.74, 6) is 0.752. The fourth-order valence-corrected chi connectivity index (χ4v) is 1.43. The number of aryl methyl sites for hydroxylation is 1. The molecular weight excluding hydrogens is 246 g/mol. The van der Waals surface area contributed by atoms with E-state index in [0.717, 1.165) is 5.69 Å². The molecule has 0 saturated heterocycles. The van der Waals surface area contributed by atoms with Crippen LogP contribution in [0.1, 0.15) is 32.9 Å². The summed E-state index contributed by atoms with van der Waals surface area (Å²) in [7, 11) is 0. The van der Waals surface area contributed by atoms with E-state index < -0.39 is 0 Å². The average Bonchev–Trinajstić information content (AvgIpc) is 2.27. The third kappa shape index (κ3) is 6.03. The summed E-state index contributed by atoms with van der Waals surface area (Å²) < 4.78 is 10.4. The minimum absolute atomic E-state index is 0.0571. The molecule has 0 aliphatic carbocycles. The highest BCUT2D eigenvalue weighted by Crippen LogP contribution is 2.13. The summed E-state index contributed by atoms with van der Waals surface area (Å²) in [4.78, 5) is 19.6. The van der Waals surface area contributed by atoms with Gasteiger partial charge in [0.2, 0.25) is 11.8 Å². The Kier molecular flexibility index (Phi) is 6.05. The largest absolute Gasteiger partial charge is 0.475 e. The summed E-state index contributed by atoms with van der Waals surface area (Å²) in [6.07, 6.45) is 0.340. The number of ether oxygens (including phenoxy) is 2. The van der Waals surface area contributed by atoms with Crippen LogP contribution in [-0.2, 0) is 9.53 Å². The van der Waals surface area contributed by atoms with Crippen molar-refractivity contribution in [3.05, 3.63) is 11.8 Å². The summed E-state index contributed by atoms with van der Waals surface area (Å²) in [6.45, 7) is 8.35. The molecule has 1 heterocycles. The maximum atomic E-state index is 11.2. The highest BCUT2D eigenvalue weighted by atomic mass is 16.5. The Hall–Kier alpha value is -1.85. The SMILES string of the molecule is CCOC(=O)CCNc1nc(C)cc(OC(C)C)n1. The Morgan fingerprint density at radius 1 is 1.42 bits per heavy atom. The molecule has 0 atom stereocenters. The standard InChI is InChI=1S/C13H21N3O3/c1-5-18-12(17)6-7-14-13-15-10(4)8-11(16-13)19-9(2)3/h8-9H,5-7H2,1-4H3,(H,14,15,16). The van der Waals surface area contributed by atoms with Gasteiger partial charge in [-0.3, -0.25) is 4.79 Å². The van der Waals surface area contributed by atoms with Crippen LogP contribution in [0.15, 0.2) is 6.07 Å². The first-order valence-electron chi connectivity index (χ1n) is 6.43. The molecule has 19 heavy (non-hydrogen) atoms. The van der Waals surface area contributed by atoms with E-state index >= 15 is 0 Å². The van der Waals surface area contributed by atoms with Crippen molar-refractivity contribution in [1.82, 2.24) is 9.97 Å². The van der Waals surface area contributed by atoms with Crippen molar-refractivity contribution in [2.45, 2.75) is 40.2 Å². The maximum absolute atomic E-state index is 11.2. The summed E-state index contributed by atoms with van der Waals surface area (Å²) in [5.41, 5.74) is 0.810. The van der Waals surface area contributed by atoms with Crippen molar-refractivity contribution in [1.29, 1.82) is 0 Å². The molecule has 0 amide bonds. The van der Waals surface area contributed by atoms with Gasteiger partial charge in [-0.05, 0) is 27.7 Å². The number of hydrogen-bond donors (Lipinski definition) is 1. The molecule has 0 radical (unpaired) electrons.